The van der Waals surface area contributed by atoms with E-state index in [9.17, 15) is 0 Å². The predicted molar refractivity (Wildman–Crippen MR) is 83.2 cm³/mol. The second-order valence-corrected chi connectivity index (χ2v) is 4.35. The van der Waals surface area contributed by atoms with Gasteiger partial charge in [0.2, 0.25) is 0 Å². The van der Waals surface area contributed by atoms with E-state index in [0.29, 0.717) is 18.9 Å². The van der Waals surface area contributed by atoms with Crippen molar-refractivity contribution in [2.45, 2.75) is 6.42 Å². The van der Waals surface area contributed by atoms with E-state index in [1.807, 2.05) is 72.8 Å². The highest BCUT2D eigenvalue weighted by atomic mass is 16.6. The molecule has 3 heteroatoms. The maximum atomic E-state index is 5.80. The predicted octanol–water partition coefficient (Wildman–Crippen LogP) is 3.23. The minimum absolute atomic E-state index is 0.407. The Morgan fingerprint density at radius 1 is 1.00 bits per heavy atom. The van der Waals surface area contributed by atoms with Crippen molar-refractivity contribution in [3.8, 4) is 0 Å². The first kappa shape index (κ1) is 13.9. The summed E-state index contributed by atoms with van der Waals surface area (Å²) in [7, 11) is 0. The van der Waals surface area contributed by atoms with Crippen LogP contribution in [0.5, 0.6) is 0 Å². The van der Waals surface area contributed by atoms with E-state index in [4.69, 9.17) is 10.6 Å². The Hall–Kier alpha value is -2.55. The average molecular weight is 266 g/mol. The van der Waals surface area contributed by atoms with E-state index < -0.39 is 0 Å². The largest absolute Gasteiger partial charge is 0.390 e. The van der Waals surface area contributed by atoms with Gasteiger partial charge in [-0.1, -0.05) is 71.9 Å². The molecule has 0 saturated heterocycles. The molecule has 0 aliphatic carbocycles. The van der Waals surface area contributed by atoms with Crippen molar-refractivity contribution in [3.63, 3.8) is 0 Å². The molecule has 0 heterocycles. The third-order valence-corrected chi connectivity index (χ3v) is 2.69. The minimum Gasteiger partial charge on any atom is -0.390 e. The van der Waals surface area contributed by atoms with Crippen molar-refractivity contribution in [2.75, 3.05) is 6.61 Å². The third-order valence-electron chi connectivity index (χ3n) is 2.69. The molecule has 0 spiro atoms. The van der Waals surface area contributed by atoms with Crippen LogP contribution in [-0.4, -0.2) is 12.4 Å². The molecule has 2 aromatic carbocycles. The molecule has 0 aliphatic heterocycles. The Bertz CT molecular complexity index is 562. The maximum Gasteiger partial charge on any atom is 0.143 e. The fourth-order valence-corrected chi connectivity index (χ4v) is 1.75. The molecule has 0 bridgehead atoms. The van der Waals surface area contributed by atoms with Crippen LogP contribution in [0.1, 0.15) is 11.1 Å². The number of nitrogens with zero attached hydrogens (tertiary/aromatic N) is 1. The summed E-state index contributed by atoms with van der Waals surface area (Å²) >= 11 is 0. The van der Waals surface area contributed by atoms with Crippen LogP contribution < -0.4 is 5.73 Å². The maximum absolute atomic E-state index is 5.80. The minimum atomic E-state index is 0.407. The topological polar surface area (TPSA) is 47.6 Å². The zero-order valence-electron chi connectivity index (χ0n) is 11.3. The van der Waals surface area contributed by atoms with Crippen LogP contribution in [0.15, 0.2) is 71.9 Å². The highest BCUT2D eigenvalue weighted by molar-refractivity contribution is 5.82. The summed E-state index contributed by atoms with van der Waals surface area (Å²) in [5, 5.41) is 3.89. The number of benzene rings is 2. The van der Waals surface area contributed by atoms with Crippen molar-refractivity contribution in [1.29, 1.82) is 0 Å². The molecule has 2 aromatic rings. The SMILES string of the molecule is N/C(Cc1ccccc1)=N\OC/C=C/c1ccccc1. The van der Waals surface area contributed by atoms with Crippen molar-refractivity contribution < 1.29 is 4.84 Å². The summed E-state index contributed by atoms with van der Waals surface area (Å²) in [6.07, 6.45) is 4.50. The zero-order chi connectivity index (χ0) is 14.0. The summed E-state index contributed by atoms with van der Waals surface area (Å²) in [6, 6.07) is 20.0. The third kappa shape index (κ3) is 4.98. The molecular weight excluding hydrogens is 248 g/mol. The lowest BCUT2D eigenvalue weighted by molar-refractivity contribution is 0.174. The van der Waals surface area contributed by atoms with E-state index in [0.717, 1.165) is 11.1 Å². The van der Waals surface area contributed by atoms with Crippen LogP contribution in [0.2, 0.25) is 0 Å². The van der Waals surface area contributed by atoms with Gasteiger partial charge in [-0.05, 0) is 17.2 Å². The fourth-order valence-electron chi connectivity index (χ4n) is 1.75. The van der Waals surface area contributed by atoms with Gasteiger partial charge in [-0.25, -0.2) is 0 Å². The summed E-state index contributed by atoms with van der Waals surface area (Å²) in [5.74, 6) is 0.476. The van der Waals surface area contributed by atoms with E-state index in [-0.39, 0.29) is 0 Å². The normalized spacial score (nSPS) is 11.7. The van der Waals surface area contributed by atoms with Crippen molar-refractivity contribution in [2.24, 2.45) is 10.9 Å². The van der Waals surface area contributed by atoms with Crippen LogP contribution in [-0.2, 0) is 11.3 Å². The Labute approximate surface area is 119 Å². The molecule has 0 aliphatic rings. The van der Waals surface area contributed by atoms with Gasteiger partial charge in [-0.2, -0.15) is 0 Å². The number of amidine groups is 1. The molecule has 2 rings (SSSR count). The van der Waals surface area contributed by atoms with E-state index in [1.54, 1.807) is 0 Å². The molecular formula is C17H18N2O. The zero-order valence-corrected chi connectivity index (χ0v) is 11.3. The molecule has 0 atom stereocenters. The Morgan fingerprint density at radius 3 is 2.35 bits per heavy atom. The Morgan fingerprint density at radius 2 is 1.65 bits per heavy atom. The van der Waals surface area contributed by atoms with Crippen LogP contribution in [0.3, 0.4) is 0 Å². The van der Waals surface area contributed by atoms with Gasteiger partial charge in [0.1, 0.15) is 12.4 Å². The summed E-state index contributed by atoms with van der Waals surface area (Å²) < 4.78 is 0. The lowest BCUT2D eigenvalue weighted by atomic mass is 10.1. The average Bonchev–Trinajstić information content (AvgIpc) is 2.49. The van der Waals surface area contributed by atoms with Gasteiger partial charge in [0, 0.05) is 6.42 Å². The highest BCUT2D eigenvalue weighted by Crippen LogP contribution is 2.01. The molecule has 0 fully saturated rings. The number of nitrogens with two attached hydrogens (primary N) is 1. The molecule has 0 aromatic heterocycles. The van der Waals surface area contributed by atoms with Crippen LogP contribution >= 0.6 is 0 Å². The van der Waals surface area contributed by atoms with Crippen LogP contribution in [0, 0.1) is 0 Å². The number of hydrogen-bond donors (Lipinski definition) is 1. The number of hydrogen-bond acceptors (Lipinski definition) is 2. The second kappa shape index (κ2) is 7.79. The Balaban J connectivity index is 1.74. The molecule has 2 N–H and O–H groups in total. The molecule has 0 radical (unpaired) electrons. The molecule has 0 saturated carbocycles. The molecule has 20 heavy (non-hydrogen) atoms. The van der Waals surface area contributed by atoms with Crippen LogP contribution in [0.4, 0.5) is 0 Å². The first-order chi connectivity index (χ1) is 9.84. The molecule has 3 nitrogen and oxygen atoms in total. The standard InChI is InChI=1S/C17H18N2O/c18-17(14-16-10-5-2-6-11-16)19-20-13-7-12-15-8-3-1-4-9-15/h1-12H,13-14H2,(H2,18,19)/b12-7+. The lowest BCUT2D eigenvalue weighted by Gasteiger charge is -2.00. The summed E-state index contributed by atoms with van der Waals surface area (Å²) in [6.45, 7) is 0.407. The van der Waals surface area contributed by atoms with Gasteiger partial charge in [0.15, 0.2) is 0 Å². The second-order valence-electron chi connectivity index (χ2n) is 4.35. The van der Waals surface area contributed by atoms with Crippen LogP contribution in [0.25, 0.3) is 6.08 Å². The monoisotopic (exact) mass is 266 g/mol. The molecule has 102 valence electrons. The van der Waals surface area contributed by atoms with E-state index in [2.05, 4.69) is 5.16 Å². The van der Waals surface area contributed by atoms with Gasteiger partial charge in [-0.15, -0.1) is 0 Å². The molecule has 0 amide bonds. The van der Waals surface area contributed by atoms with Gasteiger partial charge in [0.05, 0.1) is 0 Å². The molecule has 0 unspecified atom stereocenters. The lowest BCUT2D eigenvalue weighted by Crippen LogP contribution is -2.15. The van der Waals surface area contributed by atoms with Gasteiger partial charge >= 0.3 is 0 Å². The van der Waals surface area contributed by atoms with Crippen molar-refractivity contribution >= 4 is 11.9 Å². The number of oxime groups is 1. The van der Waals surface area contributed by atoms with Gasteiger partial charge in [-0.3, -0.25) is 0 Å². The van der Waals surface area contributed by atoms with Gasteiger partial charge in [0.25, 0.3) is 0 Å². The fraction of sp³-hybridized carbons (Fsp3) is 0.118. The van der Waals surface area contributed by atoms with Crippen molar-refractivity contribution in [3.05, 3.63) is 77.9 Å². The van der Waals surface area contributed by atoms with Crippen molar-refractivity contribution in [1.82, 2.24) is 0 Å². The highest BCUT2D eigenvalue weighted by Gasteiger charge is 1.95. The summed E-state index contributed by atoms with van der Waals surface area (Å²) in [5.41, 5.74) is 8.06. The van der Waals surface area contributed by atoms with Gasteiger partial charge < -0.3 is 10.6 Å². The van der Waals surface area contributed by atoms with E-state index in [1.165, 1.54) is 0 Å². The summed E-state index contributed by atoms with van der Waals surface area (Å²) in [4.78, 5) is 5.17. The Kier molecular flexibility index (Phi) is 5.40. The quantitative estimate of drug-likeness (QED) is 0.377. The number of rotatable bonds is 6. The first-order valence-electron chi connectivity index (χ1n) is 6.54. The van der Waals surface area contributed by atoms with E-state index >= 15 is 0 Å². The first-order valence-corrected chi connectivity index (χ1v) is 6.54. The smallest absolute Gasteiger partial charge is 0.143 e.